The zero-order valence-corrected chi connectivity index (χ0v) is 16.8. The first-order valence-corrected chi connectivity index (χ1v) is 9.11. The molecule has 0 aliphatic rings. The Morgan fingerprint density at radius 3 is 2.27 bits per heavy atom. The van der Waals surface area contributed by atoms with E-state index in [1.165, 1.54) is 19.1 Å². The third-order valence-corrected chi connectivity index (χ3v) is 4.92. The van der Waals surface area contributed by atoms with E-state index in [0.29, 0.717) is 22.8 Å². The van der Waals surface area contributed by atoms with Gasteiger partial charge in [-0.3, -0.25) is 9.36 Å². The van der Waals surface area contributed by atoms with Crippen molar-refractivity contribution in [2.75, 3.05) is 0 Å². The summed E-state index contributed by atoms with van der Waals surface area (Å²) in [6.07, 6.45) is 0. The Morgan fingerprint density at radius 2 is 1.70 bits per heavy atom. The molecule has 156 valence electrons. The maximum atomic E-state index is 14.4. The van der Waals surface area contributed by atoms with Gasteiger partial charge in [-0.25, -0.2) is 22.4 Å². The van der Waals surface area contributed by atoms with Crippen LogP contribution < -0.4 is 10.3 Å². The van der Waals surface area contributed by atoms with Gasteiger partial charge in [-0.1, -0.05) is 0 Å². The average Bonchev–Trinajstić information content (AvgIpc) is 2.66. The van der Waals surface area contributed by atoms with Crippen LogP contribution in [0.2, 0.25) is 0 Å². The first-order valence-electron chi connectivity index (χ1n) is 8.31. The second kappa shape index (κ2) is 8.31. The molecule has 0 saturated carbocycles. The van der Waals surface area contributed by atoms with Crippen LogP contribution in [0, 0.1) is 30.2 Å². The van der Waals surface area contributed by atoms with Gasteiger partial charge in [0, 0.05) is 23.4 Å². The van der Waals surface area contributed by atoms with E-state index in [2.05, 4.69) is 15.9 Å². The van der Waals surface area contributed by atoms with Crippen LogP contribution in [0.1, 0.15) is 21.6 Å². The zero-order valence-electron chi connectivity index (χ0n) is 15.2. The lowest BCUT2D eigenvalue weighted by atomic mass is 10.1. The van der Waals surface area contributed by atoms with Crippen LogP contribution in [0.4, 0.5) is 17.6 Å². The maximum absolute atomic E-state index is 14.4. The van der Waals surface area contributed by atoms with Crippen LogP contribution in [-0.4, -0.2) is 15.6 Å². The van der Waals surface area contributed by atoms with Gasteiger partial charge < -0.3 is 9.84 Å². The Labute approximate surface area is 175 Å². The molecular formula is C20H12BrF4NO4. The van der Waals surface area contributed by atoms with Crippen molar-refractivity contribution >= 4 is 21.9 Å². The van der Waals surface area contributed by atoms with E-state index in [0.717, 1.165) is 6.07 Å². The van der Waals surface area contributed by atoms with Crippen molar-refractivity contribution in [3.63, 3.8) is 0 Å². The number of nitrogens with zero attached hydrogens (tertiary/aromatic N) is 1. The Bertz CT molecular complexity index is 1200. The Balaban J connectivity index is 2.02. The predicted octanol–water partition coefficient (Wildman–Crippen LogP) is 4.74. The second-order valence-electron chi connectivity index (χ2n) is 6.22. The van der Waals surface area contributed by atoms with Crippen LogP contribution in [-0.2, 0) is 6.61 Å². The molecule has 0 spiro atoms. The molecule has 5 nitrogen and oxygen atoms in total. The molecule has 0 unspecified atom stereocenters. The van der Waals surface area contributed by atoms with Crippen LogP contribution in [0.3, 0.4) is 0 Å². The number of pyridine rings is 1. The lowest BCUT2D eigenvalue weighted by molar-refractivity contribution is 0.0695. The topological polar surface area (TPSA) is 68.5 Å². The standard InChI is InChI=1S/C20H12BrF4NO4/c1-9-4-16(30-8-10-2-3-12(22)7-13(10)23)17(21)19(27)26(9)18-14(24)5-11(20(28)29)6-15(18)25/h2-7H,8H2,1H3,(H,28,29). The third kappa shape index (κ3) is 4.09. The Kier molecular flexibility index (Phi) is 5.97. The summed E-state index contributed by atoms with van der Waals surface area (Å²) in [5.41, 5.74) is -2.14. The number of halogens is 5. The lowest BCUT2D eigenvalue weighted by Crippen LogP contribution is -2.24. The minimum atomic E-state index is -1.53. The molecule has 0 aliphatic heterocycles. The molecule has 30 heavy (non-hydrogen) atoms. The largest absolute Gasteiger partial charge is 0.487 e. The smallest absolute Gasteiger partial charge is 0.335 e. The summed E-state index contributed by atoms with van der Waals surface area (Å²) in [7, 11) is 0. The lowest BCUT2D eigenvalue weighted by Gasteiger charge is -2.16. The van der Waals surface area contributed by atoms with Gasteiger partial charge in [-0.2, -0.15) is 0 Å². The molecule has 3 rings (SSSR count). The monoisotopic (exact) mass is 485 g/mol. The van der Waals surface area contributed by atoms with Gasteiger partial charge in [0.1, 0.15) is 34.2 Å². The number of ether oxygens (including phenoxy) is 1. The summed E-state index contributed by atoms with van der Waals surface area (Å²) in [5.74, 6) is -5.63. The van der Waals surface area contributed by atoms with Crippen LogP contribution >= 0.6 is 15.9 Å². The van der Waals surface area contributed by atoms with Gasteiger partial charge >= 0.3 is 5.97 Å². The normalized spacial score (nSPS) is 10.9. The number of carboxylic acid groups (broad SMARTS) is 1. The van der Waals surface area contributed by atoms with Crippen LogP contribution in [0.5, 0.6) is 5.75 Å². The van der Waals surface area contributed by atoms with Gasteiger partial charge in [0.25, 0.3) is 5.56 Å². The highest BCUT2D eigenvalue weighted by Crippen LogP contribution is 2.27. The fourth-order valence-electron chi connectivity index (χ4n) is 2.76. The molecular weight excluding hydrogens is 474 g/mol. The maximum Gasteiger partial charge on any atom is 0.335 e. The molecule has 2 aromatic carbocycles. The minimum absolute atomic E-state index is 0.0274. The molecule has 10 heteroatoms. The Morgan fingerprint density at radius 1 is 1.07 bits per heavy atom. The summed E-state index contributed by atoms with van der Waals surface area (Å²) >= 11 is 3.00. The number of hydrogen-bond donors (Lipinski definition) is 1. The molecule has 0 saturated heterocycles. The number of aryl methyl sites for hydroxylation is 1. The van der Waals surface area contributed by atoms with Gasteiger partial charge in [0.2, 0.25) is 0 Å². The molecule has 3 aromatic rings. The predicted molar refractivity (Wildman–Crippen MR) is 102 cm³/mol. The molecule has 1 heterocycles. The molecule has 1 N–H and O–H groups in total. The number of aromatic carboxylic acids is 1. The highest BCUT2D eigenvalue weighted by Gasteiger charge is 2.21. The van der Waals surface area contributed by atoms with Gasteiger partial charge in [0.05, 0.1) is 5.56 Å². The average molecular weight is 486 g/mol. The van der Waals surface area contributed by atoms with Crippen molar-refractivity contribution in [3.05, 3.63) is 91.3 Å². The number of hydrogen-bond acceptors (Lipinski definition) is 3. The molecule has 0 radical (unpaired) electrons. The van der Waals surface area contributed by atoms with Crippen molar-refractivity contribution in [3.8, 4) is 11.4 Å². The van der Waals surface area contributed by atoms with E-state index in [1.807, 2.05) is 0 Å². The number of benzene rings is 2. The molecule has 0 fully saturated rings. The zero-order chi connectivity index (χ0) is 22.2. The minimum Gasteiger partial charge on any atom is -0.487 e. The quantitative estimate of drug-likeness (QED) is 0.530. The van der Waals surface area contributed by atoms with Gasteiger partial charge in [-0.15, -0.1) is 0 Å². The van der Waals surface area contributed by atoms with Crippen LogP contribution in [0.25, 0.3) is 5.69 Å². The van der Waals surface area contributed by atoms with E-state index in [9.17, 15) is 27.2 Å². The van der Waals surface area contributed by atoms with E-state index in [1.54, 1.807) is 0 Å². The highest BCUT2D eigenvalue weighted by atomic mass is 79.9. The first-order chi connectivity index (χ1) is 14.1. The molecule has 0 bridgehead atoms. The number of carbonyl (C=O) groups is 1. The fraction of sp³-hybridized carbons (Fsp3) is 0.100. The molecule has 1 aromatic heterocycles. The number of rotatable bonds is 5. The molecule has 0 amide bonds. The van der Waals surface area contributed by atoms with Crippen molar-refractivity contribution in [1.82, 2.24) is 4.57 Å². The van der Waals surface area contributed by atoms with Crippen molar-refractivity contribution in [2.24, 2.45) is 0 Å². The summed E-state index contributed by atoms with van der Waals surface area (Å²) in [6.45, 7) is 1.05. The van der Waals surface area contributed by atoms with E-state index in [4.69, 9.17) is 9.84 Å². The van der Waals surface area contributed by atoms with Crippen LogP contribution in [0.15, 0.2) is 45.7 Å². The second-order valence-corrected chi connectivity index (χ2v) is 7.02. The van der Waals surface area contributed by atoms with Gasteiger partial charge in [-0.05, 0) is 47.1 Å². The summed E-state index contributed by atoms with van der Waals surface area (Å²) in [5, 5.41) is 8.90. The number of aromatic nitrogens is 1. The SMILES string of the molecule is Cc1cc(OCc2ccc(F)cc2F)c(Br)c(=O)n1-c1c(F)cc(C(=O)O)cc1F. The van der Waals surface area contributed by atoms with E-state index in [-0.39, 0.29) is 28.1 Å². The molecule has 0 aliphatic carbocycles. The third-order valence-electron chi connectivity index (χ3n) is 4.19. The Hall–Kier alpha value is -3.14. The highest BCUT2D eigenvalue weighted by molar-refractivity contribution is 9.10. The van der Waals surface area contributed by atoms with Crippen molar-refractivity contribution < 1.29 is 32.2 Å². The van der Waals surface area contributed by atoms with Crippen molar-refractivity contribution in [2.45, 2.75) is 13.5 Å². The summed E-state index contributed by atoms with van der Waals surface area (Å²) in [4.78, 5) is 23.7. The van der Waals surface area contributed by atoms with Gasteiger partial charge in [0.15, 0.2) is 11.6 Å². The van der Waals surface area contributed by atoms with E-state index < -0.39 is 46.0 Å². The van der Waals surface area contributed by atoms with Crippen molar-refractivity contribution in [1.29, 1.82) is 0 Å². The first kappa shape index (κ1) is 21.6. The molecule has 0 atom stereocenters. The fourth-order valence-corrected chi connectivity index (χ4v) is 3.17. The van der Waals surface area contributed by atoms with E-state index >= 15 is 0 Å². The summed E-state index contributed by atoms with van der Waals surface area (Å²) < 4.78 is 61.5. The number of carboxylic acids is 1. The summed E-state index contributed by atoms with van der Waals surface area (Å²) in [6, 6.07) is 5.40.